The SMILES string of the molecule is CCC(CC)NC(=O)C(C)NC(C)c1ccc(F)cc1. The average Bonchev–Trinajstić information content (AvgIpc) is 2.44. The van der Waals surface area contributed by atoms with Crippen LogP contribution in [-0.2, 0) is 4.79 Å². The number of halogens is 1. The van der Waals surface area contributed by atoms with Gasteiger partial charge in [-0.25, -0.2) is 4.39 Å². The maximum Gasteiger partial charge on any atom is 0.237 e. The molecule has 0 spiro atoms. The van der Waals surface area contributed by atoms with Crippen LogP contribution in [0.1, 0.15) is 52.1 Å². The number of hydrogen-bond donors (Lipinski definition) is 2. The van der Waals surface area contributed by atoms with Crippen LogP contribution in [0, 0.1) is 5.82 Å². The number of carbonyl (C=O) groups excluding carboxylic acids is 1. The molecule has 1 aromatic rings. The summed E-state index contributed by atoms with van der Waals surface area (Å²) in [5, 5.41) is 6.26. The fourth-order valence-corrected chi connectivity index (χ4v) is 2.12. The van der Waals surface area contributed by atoms with Crippen molar-refractivity contribution in [3.63, 3.8) is 0 Å². The van der Waals surface area contributed by atoms with E-state index in [1.165, 1.54) is 12.1 Å². The Labute approximate surface area is 121 Å². The lowest BCUT2D eigenvalue weighted by molar-refractivity contribution is -0.123. The van der Waals surface area contributed by atoms with E-state index in [4.69, 9.17) is 0 Å². The van der Waals surface area contributed by atoms with Crippen LogP contribution in [0.15, 0.2) is 24.3 Å². The van der Waals surface area contributed by atoms with Crippen molar-refractivity contribution in [1.29, 1.82) is 0 Å². The Morgan fingerprint density at radius 1 is 1.15 bits per heavy atom. The van der Waals surface area contributed by atoms with Crippen molar-refractivity contribution >= 4 is 5.91 Å². The van der Waals surface area contributed by atoms with E-state index in [0.717, 1.165) is 18.4 Å². The maximum absolute atomic E-state index is 12.9. The van der Waals surface area contributed by atoms with Gasteiger partial charge >= 0.3 is 0 Å². The van der Waals surface area contributed by atoms with Gasteiger partial charge in [0.1, 0.15) is 5.82 Å². The second-order valence-corrected chi connectivity index (χ2v) is 5.18. The Balaban J connectivity index is 2.54. The minimum absolute atomic E-state index is 0.00180. The van der Waals surface area contributed by atoms with Crippen molar-refractivity contribution in [3.8, 4) is 0 Å². The molecule has 0 radical (unpaired) electrons. The van der Waals surface area contributed by atoms with Crippen LogP contribution in [0.2, 0.25) is 0 Å². The molecule has 0 bridgehead atoms. The van der Waals surface area contributed by atoms with Crippen molar-refractivity contribution in [2.75, 3.05) is 0 Å². The first kappa shape index (κ1) is 16.6. The molecule has 0 fully saturated rings. The molecule has 0 aliphatic heterocycles. The summed E-state index contributed by atoms with van der Waals surface area (Å²) in [6, 6.07) is 6.28. The zero-order chi connectivity index (χ0) is 15.1. The third-order valence-electron chi connectivity index (χ3n) is 3.60. The maximum atomic E-state index is 12.9. The van der Waals surface area contributed by atoms with E-state index in [-0.39, 0.29) is 29.8 Å². The summed E-state index contributed by atoms with van der Waals surface area (Å²) >= 11 is 0. The van der Waals surface area contributed by atoms with Crippen LogP contribution in [0.25, 0.3) is 0 Å². The molecule has 0 aliphatic rings. The predicted octanol–water partition coefficient (Wildman–Crippen LogP) is 3.17. The average molecular weight is 280 g/mol. The topological polar surface area (TPSA) is 41.1 Å². The van der Waals surface area contributed by atoms with E-state index in [9.17, 15) is 9.18 Å². The van der Waals surface area contributed by atoms with Crippen LogP contribution >= 0.6 is 0 Å². The first-order valence-corrected chi connectivity index (χ1v) is 7.29. The molecule has 4 heteroatoms. The zero-order valence-electron chi connectivity index (χ0n) is 12.7. The fourth-order valence-electron chi connectivity index (χ4n) is 2.12. The molecule has 112 valence electrons. The zero-order valence-corrected chi connectivity index (χ0v) is 12.7. The molecule has 0 aliphatic carbocycles. The van der Waals surface area contributed by atoms with Crippen LogP contribution in [0.3, 0.4) is 0 Å². The van der Waals surface area contributed by atoms with Crippen LogP contribution in [0.4, 0.5) is 4.39 Å². The number of hydrogen-bond acceptors (Lipinski definition) is 2. The number of nitrogens with one attached hydrogen (secondary N) is 2. The van der Waals surface area contributed by atoms with Crippen molar-refractivity contribution in [3.05, 3.63) is 35.6 Å². The molecule has 1 rings (SSSR count). The van der Waals surface area contributed by atoms with Gasteiger partial charge in [0.25, 0.3) is 0 Å². The van der Waals surface area contributed by atoms with Gasteiger partial charge < -0.3 is 5.32 Å². The molecule has 1 aromatic carbocycles. The van der Waals surface area contributed by atoms with E-state index in [0.29, 0.717) is 0 Å². The lowest BCUT2D eigenvalue weighted by Crippen LogP contribution is -2.46. The van der Waals surface area contributed by atoms with Crippen LogP contribution in [-0.4, -0.2) is 18.0 Å². The van der Waals surface area contributed by atoms with Gasteiger partial charge in [-0.1, -0.05) is 26.0 Å². The normalized spacial score (nSPS) is 14.1. The van der Waals surface area contributed by atoms with E-state index in [2.05, 4.69) is 24.5 Å². The molecule has 2 atom stereocenters. The number of carbonyl (C=O) groups is 1. The van der Waals surface area contributed by atoms with Gasteiger partial charge in [-0.3, -0.25) is 10.1 Å². The summed E-state index contributed by atoms with van der Waals surface area (Å²) in [7, 11) is 0. The van der Waals surface area contributed by atoms with Gasteiger partial charge in [0.15, 0.2) is 0 Å². The Bertz CT molecular complexity index is 415. The Hall–Kier alpha value is -1.42. The molecule has 0 saturated heterocycles. The second-order valence-electron chi connectivity index (χ2n) is 5.18. The van der Waals surface area contributed by atoms with Crippen LogP contribution < -0.4 is 10.6 Å². The number of amides is 1. The van der Waals surface area contributed by atoms with Gasteiger partial charge in [-0.15, -0.1) is 0 Å². The van der Waals surface area contributed by atoms with Gasteiger partial charge in [0.2, 0.25) is 5.91 Å². The van der Waals surface area contributed by atoms with E-state index >= 15 is 0 Å². The first-order valence-electron chi connectivity index (χ1n) is 7.29. The van der Waals surface area contributed by atoms with E-state index < -0.39 is 0 Å². The van der Waals surface area contributed by atoms with Gasteiger partial charge in [-0.05, 0) is 44.4 Å². The minimum Gasteiger partial charge on any atom is -0.352 e. The second kappa shape index (κ2) is 8.00. The number of benzene rings is 1. The molecule has 2 unspecified atom stereocenters. The summed E-state index contributed by atoms with van der Waals surface area (Å²) in [6.07, 6.45) is 1.87. The van der Waals surface area contributed by atoms with E-state index in [1.807, 2.05) is 13.8 Å². The summed E-state index contributed by atoms with van der Waals surface area (Å²) in [5.74, 6) is -0.242. The van der Waals surface area contributed by atoms with E-state index in [1.54, 1.807) is 12.1 Å². The Morgan fingerprint density at radius 2 is 1.70 bits per heavy atom. The third kappa shape index (κ3) is 4.93. The highest BCUT2D eigenvalue weighted by molar-refractivity contribution is 5.81. The fraction of sp³-hybridized carbons (Fsp3) is 0.562. The van der Waals surface area contributed by atoms with Crippen molar-refractivity contribution < 1.29 is 9.18 Å². The van der Waals surface area contributed by atoms with Crippen molar-refractivity contribution in [1.82, 2.24) is 10.6 Å². The molecule has 2 N–H and O–H groups in total. The summed E-state index contributed by atoms with van der Waals surface area (Å²) in [4.78, 5) is 12.1. The van der Waals surface area contributed by atoms with Crippen molar-refractivity contribution in [2.45, 2.75) is 58.7 Å². The standard InChI is InChI=1S/C16H25FN2O/c1-5-15(6-2)19-16(20)12(4)18-11(3)13-7-9-14(17)10-8-13/h7-12,15,18H,5-6H2,1-4H3,(H,19,20). The van der Waals surface area contributed by atoms with Gasteiger partial charge in [-0.2, -0.15) is 0 Å². The third-order valence-corrected chi connectivity index (χ3v) is 3.60. The van der Waals surface area contributed by atoms with Gasteiger partial charge in [0, 0.05) is 12.1 Å². The van der Waals surface area contributed by atoms with Crippen LogP contribution in [0.5, 0.6) is 0 Å². The quantitative estimate of drug-likeness (QED) is 0.805. The summed E-state index contributed by atoms with van der Waals surface area (Å²) < 4.78 is 12.9. The molecule has 0 aromatic heterocycles. The highest BCUT2D eigenvalue weighted by Crippen LogP contribution is 2.13. The summed E-state index contributed by atoms with van der Waals surface area (Å²) in [6.45, 7) is 7.94. The molecule has 3 nitrogen and oxygen atoms in total. The van der Waals surface area contributed by atoms with Gasteiger partial charge in [0.05, 0.1) is 6.04 Å². The highest BCUT2D eigenvalue weighted by atomic mass is 19.1. The molecule has 0 heterocycles. The monoisotopic (exact) mass is 280 g/mol. The lowest BCUT2D eigenvalue weighted by atomic mass is 10.1. The molecule has 0 saturated carbocycles. The molecular weight excluding hydrogens is 255 g/mol. The smallest absolute Gasteiger partial charge is 0.237 e. The minimum atomic E-state index is -0.282. The summed E-state index contributed by atoms with van der Waals surface area (Å²) in [5.41, 5.74) is 0.966. The Kier molecular flexibility index (Phi) is 6.65. The highest BCUT2D eigenvalue weighted by Gasteiger charge is 2.18. The largest absolute Gasteiger partial charge is 0.352 e. The first-order chi connectivity index (χ1) is 9.47. The lowest BCUT2D eigenvalue weighted by Gasteiger charge is -2.22. The molecule has 20 heavy (non-hydrogen) atoms. The number of rotatable bonds is 7. The predicted molar refractivity (Wildman–Crippen MR) is 79.9 cm³/mol. The molecular formula is C16H25FN2O. The molecule has 1 amide bonds. The van der Waals surface area contributed by atoms with Crippen molar-refractivity contribution in [2.24, 2.45) is 0 Å². The Morgan fingerprint density at radius 3 is 2.20 bits per heavy atom.